The minimum absolute atomic E-state index is 0.364. The third kappa shape index (κ3) is 6.29. The molecule has 1 heterocycles. The second-order valence-electron chi connectivity index (χ2n) is 6.73. The summed E-state index contributed by atoms with van der Waals surface area (Å²) >= 11 is 0. The van der Waals surface area contributed by atoms with E-state index in [2.05, 4.69) is 21.0 Å². The minimum Gasteiger partial charge on any atom is -0.334 e. The molecule has 1 atom stereocenters. The monoisotopic (exact) mass is 391 g/mol. The summed E-state index contributed by atoms with van der Waals surface area (Å²) in [5, 5.41) is 12.5. The summed E-state index contributed by atoms with van der Waals surface area (Å²) in [5.41, 5.74) is 3.17. The first-order valence-electron chi connectivity index (χ1n) is 9.52. The van der Waals surface area contributed by atoms with Crippen LogP contribution in [0.15, 0.2) is 73.1 Å². The van der Waals surface area contributed by atoms with E-state index in [0.29, 0.717) is 19.6 Å². The standard InChI is InChI=1S/C22H25N5O2/c1-17(21(28)26-22(29)24-14-18-8-3-2-4-9-18)23-15-19-10-5-6-11-20(19)16-27-13-7-12-25-27/h2-13,17,23H,14-16H2,1H3,(H2,24,26,28,29)/t17-/m0/s1. The summed E-state index contributed by atoms with van der Waals surface area (Å²) in [5.74, 6) is -0.375. The average molecular weight is 391 g/mol. The van der Waals surface area contributed by atoms with E-state index in [1.807, 2.05) is 71.5 Å². The van der Waals surface area contributed by atoms with Crippen molar-refractivity contribution in [3.8, 4) is 0 Å². The Hall–Kier alpha value is -3.45. The zero-order chi connectivity index (χ0) is 20.5. The number of imide groups is 1. The van der Waals surface area contributed by atoms with Crippen LogP contribution in [0.1, 0.15) is 23.6 Å². The molecule has 0 unspecified atom stereocenters. The van der Waals surface area contributed by atoms with Crippen molar-refractivity contribution in [3.05, 3.63) is 89.7 Å². The van der Waals surface area contributed by atoms with Crippen LogP contribution < -0.4 is 16.0 Å². The number of nitrogens with one attached hydrogen (secondary N) is 3. The number of hydrogen-bond donors (Lipinski definition) is 3. The Bertz CT molecular complexity index is 925. The minimum atomic E-state index is -0.518. The molecule has 7 nitrogen and oxygen atoms in total. The van der Waals surface area contributed by atoms with Gasteiger partial charge in [0, 0.05) is 25.5 Å². The van der Waals surface area contributed by atoms with Crippen molar-refractivity contribution in [1.82, 2.24) is 25.7 Å². The predicted molar refractivity (Wildman–Crippen MR) is 111 cm³/mol. The zero-order valence-corrected chi connectivity index (χ0v) is 16.3. The lowest BCUT2D eigenvalue weighted by Gasteiger charge is -2.16. The molecular weight excluding hydrogens is 366 g/mol. The first-order valence-corrected chi connectivity index (χ1v) is 9.52. The lowest BCUT2D eigenvalue weighted by molar-refractivity contribution is -0.121. The fourth-order valence-electron chi connectivity index (χ4n) is 2.85. The van der Waals surface area contributed by atoms with Crippen LogP contribution in [0.25, 0.3) is 0 Å². The molecule has 3 amide bonds. The third-order valence-corrected chi connectivity index (χ3v) is 4.53. The molecule has 0 fully saturated rings. The molecule has 0 radical (unpaired) electrons. The van der Waals surface area contributed by atoms with E-state index in [0.717, 1.165) is 16.7 Å². The zero-order valence-electron chi connectivity index (χ0n) is 16.3. The Morgan fingerprint density at radius 2 is 1.69 bits per heavy atom. The average Bonchev–Trinajstić information content (AvgIpc) is 3.25. The number of hydrogen-bond acceptors (Lipinski definition) is 4. The number of benzene rings is 2. The van der Waals surface area contributed by atoms with Gasteiger partial charge in [0.15, 0.2) is 0 Å². The maximum absolute atomic E-state index is 12.3. The van der Waals surface area contributed by atoms with Gasteiger partial charge in [0.2, 0.25) is 5.91 Å². The van der Waals surface area contributed by atoms with Crippen molar-refractivity contribution in [2.75, 3.05) is 0 Å². The van der Waals surface area contributed by atoms with Gasteiger partial charge >= 0.3 is 6.03 Å². The number of urea groups is 1. The topological polar surface area (TPSA) is 88.1 Å². The number of rotatable bonds is 8. The molecule has 0 aliphatic heterocycles. The normalized spacial score (nSPS) is 11.6. The van der Waals surface area contributed by atoms with Crippen LogP contribution in [0, 0.1) is 0 Å². The molecule has 3 aromatic rings. The molecule has 0 aliphatic carbocycles. The van der Waals surface area contributed by atoms with Crippen LogP contribution in [0.3, 0.4) is 0 Å². The van der Waals surface area contributed by atoms with Gasteiger partial charge in [-0.2, -0.15) is 5.10 Å². The summed E-state index contributed by atoms with van der Waals surface area (Å²) in [4.78, 5) is 24.2. The molecule has 0 saturated carbocycles. The summed E-state index contributed by atoms with van der Waals surface area (Å²) in [6.07, 6.45) is 3.66. The van der Waals surface area contributed by atoms with Gasteiger partial charge in [0.05, 0.1) is 12.6 Å². The van der Waals surface area contributed by atoms with E-state index in [4.69, 9.17) is 0 Å². The van der Waals surface area contributed by atoms with Crippen LogP contribution >= 0.6 is 0 Å². The Balaban J connectivity index is 1.47. The smallest absolute Gasteiger partial charge is 0.321 e. The first-order chi connectivity index (χ1) is 14.1. The van der Waals surface area contributed by atoms with Gasteiger partial charge in [-0.25, -0.2) is 4.79 Å². The van der Waals surface area contributed by atoms with Crippen LogP contribution in [0.5, 0.6) is 0 Å². The Morgan fingerprint density at radius 3 is 2.41 bits per heavy atom. The van der Waals surface area contributed by atoms with E-state index in [1.165, 1.54) is 0 Å². The fourth-order valence-corrected chi connectivity index (χ4v) is 2.85. The molecule has 3 rings (SSSR count). The van der Waals surface area contributed by atoms with Gasteiger partial charge in [-0.1, -0.05) is 54.6 Å². The van der Waals surface area contributed by atoms with Crippen molar-refractivity contribution >= 4 is 11.9 Å². The number of aromatic nitrogens is 2. The highest BCUT2D eigenvalue weighted by atomic mass is 16.2. The molecule has 150 valence electrons. The molecule has 0 spiro atoms. The number of amides is 3. The van der Waals surface area contributed by atoms with Crippen LogP contribution in [0.2, 0.25) is 0 Å². The summed E-state index contributed by atoms with van der Waals surface area (Å²) in [7, 11) is 0. The largest absolute Gasteiger partial charge is 0.334 e. The summed E-state index contributed by atoms with van der Waals surface area (Å²) in [6.45, 7) is 3.27. The molecule has 3 N–H and O–H groups in total. The second kappa shape index (κ2) is 10.2. The van der Waals surface area contributed by atoms with Crippen molar-refractivity contribution < 1.29 is 9.59 Å². The quantitative estimate of drug-likeness (QED) is 0.550. The molecule has 1 aromatic heterocycles. The molecular formula is C22H25N5O2. The highest BCUT2D eigenvalue weighted by Gasteiger charge is 2.15. The molecule has 0 saturated heterocycles. The highest BCUT2D eigenvalue weighted by Crippen LogP contribution is 2.10. The lowest BCUT2D eigenvalue weighted by Crippen LogP contribution is -2.47. The van der Waals surface area contributed by atoms with Gasteiger partial charge in [-0.15, -0.1) is 0 Å². The Kier molecular flexibility index (Phi) is 7.13. The maximum atomic E-state index is 12.3. The lowest BCUT2D eigenvalue weighted by atomic mass is 10.1. The van der Waals surface area contributed by atoms with E-state index < -0.39 is 12.1 Å². The summed E-state index contributed by atoms with van der Waals surface area (Å²) < 4.78 is 1.85. The molecule has 0 aliphatic rings. The van der Waals surface area contributed by atoms with Gasteiger partial charge < -0.3 is 10.6 Å². The predicted octanol–water partition coefficient (Wildman–Crippen LogP) is 2.44. The Labute approximate surface area is 170 Å². The van der Waals surface area contributed by atoms with Gasteiger partial charge in [-0.3, -0.25) is 14.8 Å². The fraction of sp³-hybridized carbons (Fsp3) is 0.227. The van der Waals surface area contributed by atoms with Crippen LogP contribution in [-0.4, -0.2) is 27.8 Å². The first kappa shape index (κ1) is 20.3. The van der Waals surface area contributed by atoms with Gasteiger partial charge in [-0.05, 0) is 29.7 Å². The molecule has 0 bridgehead atoms. The number of carbonyl (C=O) groups is 2. The van der Waals surface area contributed by atoms with Gasteiger partial charge in [0.1, 0.15) is 0 Å². The van der Waals surface area contributed by atoms with Crippen molar-refractivity contribution in [1.29, 1.82) is 0 Å². The Morgan fingerprint density at radius 1 is 0.966 bits per heavy atom. The van der Waals surface area contributed by atoms with E-state index in [-0.39, 0.29) is 5.91 Å². The number of nitrogens with zero attached hydrogens (tertiary/aromatic N) is 2. The van der Waals surface area contributed by atoms with Gasteiger partial charge in [0.25, 0.3) is 0 Å². The SMILES string of the molecule is C[C@H](NCc1ccccc1Cn1cccn1)C(=O)NC(=O)NCc1ccccc1. The third-order valence-electron chi connectivity index (χ3n) is 4.53. The van der Waals surface area contributed by atoms with Crippen molar-refractivity contribution in [3.63, 3.8) is 0 Å². The molecule has 29 heavy (non-hydrogen) atoms. The van der Waals surface area contributed by atoms with E-state index in [9.17, 15) is 9.59 Å². The number of carbonyl (C=O) groups excluding carboxylic acids is 2. The van der Waals surface area contributed by atoms with Crippen molar-refractivity contribution in [2.45, 2.75) is 32.6 Å². The molecule has 2 aromatic carbocycles. The highest BCUT2D eigenvalue weighted by molar-refractivity contribution is 5.96. The summed E-state index contributed by atoms with van der Waals surface area (Å²) in [6, 6.07) is 18.4. The van der Waals surface area contributed by atoms with Crippen LogP contribution in [-0.2, 0) is 24.4 Å². The van der Waals surface area contributed by atoms with Crippen molar-refractivity contribution in [2.24, 2.45) is 0 Å². The van der Waals surface area contributed by atoms with E-state index in [1.54, 1.807) is 13.1 Å². The second-order valence-corrected chi connectivity index (χ2v) is 6.73. The van der Waals surface area contributed by atoms with Crippen LogP contribution in [0.4, 0.5) is 4.79 Å². The van der Waals surface area contributed by atoms with E-state index >= 15 is 0 Å². The molecule has 7 heteroatoms. The maximum Gasteiger partial charge on any atom is 0.321 e.